The third kappa shape index (κ3) is 3.15. The number of halogens is 2. The standard InChI is InChI=1S/C15H12Cl2N2O3S/c16-12-10-18-19(11-12)13-6-2-3-7-14(13)22-15(23(17,20)21)8-4-1-5-9-15/h1-8,10-11H,9H2. The number of para-hydroxylation sites is 2. The second-order valence-corrected chi connectivity index (χ2v) is 8.14. The monoisotopic (exact) mass is 370 g/mol. The molecule has 0 saturated heterocycles. The Bertz CT molecular complexity index is 890. The summed E-state index contributed by atoms with van der Waals surface area (Å²) in [5, 5.41) is 4.57. The fraction of sp³-hybridized carbons (Fsp3) is 0.133. The van der Waals surface area contributed by atoms with Crippen LogP contribution in [-0.2, 0) is 9.05 Å². The van der Waals surface area contributed by atoms with E-state index in [1.807, 2.05) is 0 Å². The van der Waals surface area contributed by atoms with E-state index in [0.717, 1.165) is 0 Å². The van der Waals surface area contributed by atoms with Gasteiger partial charge in [-0.15, -0.1) is 0 Å². The maximum absolute atomic E-state index is 12.1. The van der Waals surface area contributed by atoms with Crippen molar-refractivity contribution in [3.63, 3.8) is 0 Å². The fourth-order valence-corrected chi connectivity index (χ4v) is 3.54. The summed E-state index contributed by atoms with van der Waals surface area (Å²) in [4.78, 5) is -1.66. The second kappa shape index (κ2) is 6.03. The third-order valence-electron chi connectivity index (χ3n) is 3.36. The average Bonchev–Trinajstić information content (AvgIpc) is 2.94. The summed E-state index contributed by atoms with van der Waals surface area (Å²) in [6.07, 6.45) is 9.65. The molecule has 5 nitrogen and oxygen atoms in total. The van der Waals surface area contributed by atoms with Crippen LogP contribution in [0, 0.1) is 0 Å². The van der Waals surface area contributed by atoms with Crippen LogP contribution in [0.3, 0.4) is 0 Å². The van der Waals surface area contributed by atoms with Gasteiger partial charge in [0, 0.05) is 23.3 Å². The number of aromatic nitrogens is 2. The molecule has 8 heteroatoms. The van der Waals surface area contributed by atoms with Crippen LogP contribution in [0.2, 0.25) is 5.02 Å². The van der Waals surface area contributed by atoms with Gasteiger partial charge in [0.05, 0.1) is 11.2 Å². The first-order chi connectivity index (χ1) is 10.9. The highest BCUT2D eigenvalue weighted by molar-refractivity contribution is 8.14. The van der Waals surface area contributed by atoms with E-state index in [1.54, 1.807) is 48.7 Å². The van der Waals surface area contributed by atoms with Crippen LogP contribution in [0.5, 0.6) is 5.75 Å². The molecular weight excluding hydrogens is 359 g/mol. The lowest BCUT2D eigenvalue weighted by atomic mass is 10.1. The Morgan fingerprint density at radius 1 is 1.26 bits per heavy atom. The minimum Gasteiger partial charge on any atom is -0.464 e. The van der Waals surface area contributed by atoms with Crippen LogP contribution >= 0.6 is 22.3 Å². The van der Waals surface area contributed by atoms with Gasteiger partial charge >= 0.3 is 0 Å². The molecule has 3 rings (SSSR count). The first kappa shape index (κ1) is 16.1. The maximum Gasteiger partial charge on any atom is 0.277 e. The van der Waals surface area contributed by atoms with Crippen LogP contribution in [0.1, 0.15) is 6.42 Å². The quantitative estimate of drug-likeness (QED) is 0.770. The Hall–Kier alpha value is -1.76. The summed E-state index contributed by atoms with van der Waals surface area (Å²) in [6, 6.07) is 6.92. The molecule has 2 aromatic rings. The van der Waals surface area contributed by atoms with Gasteiger partial charge in [0.1, 0.15) is 11.4 Å². The van der Waals surface area contributed by atoms with Gasteiger partial charge in [0.15, 0.2) is 0 Å². The molecule has 0 radical (unpaired) electrons. The molecule has 120 valence electrons. The molecule has 0 amide bonds. The maximum atomic E-state index is 12.1. The molecule has 1 aromatic carbocycles. The first-order valence-corrected chi connectivity index (χ1v) is 9.37. The van der Waals surface area contributed by atoms with Crippen molar-refractivity contribution in [1.29, 1.82) is 0 Å². The van der Waals surface area contributed by atoms with Crippen molar-refractivity contribution in [2.75, 3.05) is 0 Å². The van der Waals surface area contributed by atoms with Gasteiger partial charge in [-0.3, -0.25) is 0 Å². The summed E-state index contributed by atoms with van der Waals surface area (Å²) in [5.74, 6) is 0.330. The lowest BCUT2D eigenvalue weighted by molar-refractivity contribution is 0.205. The molecule has 1 atom stereocenters. The Labute approximate surface area is 143 Å². The summed E-state index contributed by atoms with van der Waals surface area (Å²) in [5.41, 5.74) is 0.557. The molecule has 0 aliphatic heterocycles. The highest BCUT2D eigenvalue weighted by Gasteiger charge is 2.43. The van der Waals surface area contributed by atoms with Crippen molar-refractivity contribution in [2.45, 2.75) is 11.4 Å². The van der Waals surface area contributed by atoms with Crippen molar-refractivity contribution >= 4 is 31.3 Å². The van der Waals surface area contributed by atoms with E-state index in [4.69, 9.17) is 27.0 Å². The van der Waals surface area contributed by atoms with Gasteiger partial charge < -0.3 is 4.74 Å². The zero-order valence-corrected chi connectivity index (χ0v) is 14.1. The van der Waals surface area contributed by atoms with Gasteiger partial charge in [-0.05, 0) is 18.2 Å². The predicted molar refractivity (Wildman–Crippen MR) is 89.6 cm³/mol. The first-order valence-electron chi connectivity index (χ1n) is 6.68. The molecule has 23 heavy (non-hydrogen) atoms. The van der Waals surface area contributed by atoms with Crippen molar-refractivity contribution < 1.29 is 13.2 Å². The number of ether oxygens (including phenoxy) is 1. The lowest BCUT2D eigenvalue weighted by Gasteiger charge is -2.29. The topological polar surface area (TPSA) is 61.2 Å². The Morgan fingerprint density at radius 2 is 2.04 bits per heavy atom. The summed E-state index contributed by atoms with van der Waals surface area (Å²) >= 11 is 5.89. The molecule has 1 unspecified atom stereocenters. The second-order valence-electron chi connectivity index (χ2n) is 4.91. The van der Waals surface area contributed by atoms with E-state index in [2.05, 4.69) is 5.10 Å². The molecule has 0 fully saturated rings. The smallest absolute Gasteiger partial charge is 0.277 e. The van der Waals surface area contributed by atoms with Gasteiger partial charge in [-0.2, -0.15) is 5.10 Å². The molecule has 0 N–H and O–H groups in total. The Balaban J connectivity index is 2.06. The van der Waals surface area contributed by atoms with Crippen molar-refractivity contribution in [1.82, 2.24) is 9.78 Å². The van der Waals surface area contributed by atoms with Crippen LogP contribution in [0.4, 0.5) is 0 Å². The van der Waals surface area contributed by atoms with Gasteiger partial charge in [0.25, 0.3) is 9.05 Å². The zero-order chi connectivity index (χ0) is 16.5. The van der Waals surface area contributed by atoms with Crippen LogP contribution in [0.25, 0.3) is 5.69 Å². The molecular formula is C15H12Cl2N2O3S. The number of hydrogen-bond acceptors (Lipinski definition) is 4. The Kier molecular flexibility index (Phi) is 4.23. The fourth-order valence-electron chi connectivity index (χ4n) is 2.24. The molecule has 0 saturated carbocycles. The van der Waals surface area contributed by atoms with E-state index >= 15 is 0 Å². The van der Waals surface area contributed by atoms with Crippen LogP contribution in [-0.4, -0.2) is 23.1 Å². The normalized spacial score (nSPS) is 20.6. The van der Waals surface area contributed by atoms with Crippen molar-refractivity contribution in [3.8, 4) is 11.4 Å². The van der Waals surface area contributed by atoms with Crippen molar-refractivity contribution in [2.24, 2.45) is 0 Å². The highest BCUT2D eigenvalue weighted by atomic mass is 35.7. The van der Waals surface area contributed by atoms with E-state index < -0.39 is 14.0 Å². The van der Waals surface area contributed by atoms with Crippen LogP contribution < -0.4 is 4.74 Å². The number of hydrogen-bond donors (Lipinski definition) is 0. The number of rotatable bonds is 4. The predicted octanol–water partition coefficient (Wildman–Crippen LogP) is 3.69. The number of nitrogens with zero attached hydrogens (tertiary/aromatic N) is 2. The summed E-state index contributed by atoms with van der Waals surface area (Å²) < 4.78 is 31.5. The summed E-state index contributed by atoms with van der Waals surface area (Å²) in [7, 11) is 1.62. The SMILES string of the molecule is O=S(=O)(Cl)C1(Oc2ccccc2-n2cc(Cl)cn2)C=CC=CC1. The summed E-state index contributed by atoms with van der Waals surface area (Å²) in [6.45, 7) is 0. The van der Waals surface area contributed by atoms with E-state index in [-0.39, 0.29) is 6.42 Å². The average molecular weight is 371 g/mol. The highest BCUT2D eigenvalue weighted by Crippen LogP contribution is 2.36. The van der Waals surface area contributed by atoms with Gasteiger partial charge in [0.2, 0.25) is 4.93 Å². The lowest BCUT2D eigenvalue weighted by Crippen LogP contribution is -2.40. The largest absolute Gasteiger partial charge is 0.464 e. The number of benzene rings is 1. The third-order valence-corrected chi connectivity index (χ3v) is 5.55. The zero-order valence-electron chi connectivity index (χ0n) is 11.8. The molecule has 0 bridgehead atoms. The van der Waals surface area contributed by atoms with E-state index in [0.29, 0.717) is 16.5 Å². The van der Waals surface area contributed by atoms with E-state index in [1.165, 1.54) is 17.0 Å². The van der Waals surface area contributed by atoms with Crippen molar-refractivity contribution in [3.05, 3.63) is 66.0 Å². The molecule has 0 spiro atoms. The van der Waals surface area contributed by atoms with Gasteiger partial charge in [-0.25, -0.2) is 13.1 Å². The van der Waals surface area contributed by atoms with Gasteiger partial charge in [-0.1, -0.05) is 42.0 Å². The minimum absolute atomic E-state index is 0.115. The number of allylic oxidation sites excluding steroid dienone is 2. The van der Waals surface area contributed by atoms with Crippen LogP contribution in [0.15, 0.2) is 61.0 Å². The van der Waals surface area contributed by atoms with E-state index in [9.17, 15) is 8.42 Å². The molecule has 1 aliphatic rings. The molecule has 1 heterocycles. The minimum atomic E-state index is -4.02. The Morgan fingerprint density at radius 3 is 2.65 bits per heavy atom. The molecule has 1 aliphatic carbocycles. The molecule has 1 aromatic heterocycles.